The van der Waals surface area contributed by atoms with Crippen LogP contribution >= 0.6 is 0 Å². The van der Waals surface area contributed by atoms with Gasteiger partial charge in [0, 0.05) is 19.1 Å². The maximum absolute atomic E-state index is 12.2. The molecule has 4 nitrogen and oxygen atoms in total. The predicted molar refractivity (Wildman–Crippen MR) is 90.0 cm³/mol. The van der Waals surface area contributed by atoms with Gasteiger partial charge in [0.05, 0.1) is 0 Å². The van der Waals surface area contributed by atoms with Crippen LogP contribution in [0.15, 0.2) is 0 Å². The van der Waals surface area contributed by atoms with E-state index in [2.05, 4.69) is 12.2 Å². The van der Waals surface area contributed by atoms with Crippen molar-refractivity contribution in [3.8, 4) is 0 Å². The van der Waals surface area contributed by atoms with Crippen LogP contribution in [0, 0.1) is 11.8 Å². The number of carbonyl (C=O) groups is 1. The summed E-state index contributed by atoms with van der Waals surface area (Å²) < 4.78 is 5.49. The van der Waals surface area contributed by atoms with Gasteiger partial charge in [-0.15, -0.1) is 0 Å². The minimum Gasteiger partial charge on any atom is -0.444 e. The molecule has 0 radical (unpaired) electrons. The lowest BCUT2D eigenvalue weighted by Gasteiger charge is -2.35. The lowest BCUT2D eigenvalue weighted by Crippen LogP contribution is -2.50. The Bertz CT molecular complexity index is 365. The first-order valence-electron chi connectivity index (χ1n) is 9.05. The highest BCUT2D eigenvalue weighted by molar-refractivity contribution is 5.68. The van der Waals surface area contributed by atoms with E-state index in [1.807, 2.05) is 25.7 Å². The fourth-order valence-corrected chi connectivity index (χ4v) is 3.71. The predicted octanol–water partition coefficient (Wildman–Crippen LogP) is 3.80. The minimum atomic E-state index is -0.407. The summed E-state index contributed by atoms with van der Waals surface area (Å²) in [6.45, 7) is 10.9. The first-order chi connectivity index (χ1) is 10.3. The Morgan fingerprint density at radius 1 is 1.23 bits per heavy atom. The molecule has 2 rings (SSSR count). The molecule has 128 valence electrons. The molecule has 0 aromatic rings. The molecule has 1 saturated heterocycles. The topological polar surface area (TPSA) is 41.6 Å². The Kier molecular flexibility index (Phi) is 6.13. The van der Waals surface area contributed by atoms with Crippen LogP contribution < -0.4 is 5.32 Å². The van der Waals surface area contributed by atoms with Gasteiger partial charge in [0.2, 0.25) is 0 Å². The zero-order chi connectivity index (χ0) is 16.2. The third-order valence-corrected chi connectivity index (χ3v) is 4.81. The molecule has 1 aliphatic carbocycles. The summed E-state index contributed by atoms with van der Waals surface area (Å²) in [7, 11) is 0. The van der Waals surface area contributed by atoms with Crippen molar-refractivity contribution in [3.05, 3.63) is 0 Å². The van der Waals surface area contributed by atoms with Crippen LogP contribution in [0.1, 0.15) is 66.2 Å². The lowest BCUT2D eigenvalue weighted by molar-refractivity contribution is 0.0185. The van der Waals surface area contributed by atoms with Crippen LogP contribution in [0.5, 0.6) is 0 Å². The van der Waals surface area contributed by atoms with Crippen molar-refractivity contribution in [1.29, 1.82) is 0 Å². The summed E-state index contributed by atoms with van der Waals surface area (Å²) >= 11 is 0. The van der Waals surface area contributed by atoms with E-state index in [-0.39, 0.29) is 6.09 Å². The SMILES string of the molecule is CC1CCCC(CNC2CCCN(C(=O)OC(C)(C)C)C2)C1. The van der Waals surface area contributed by atoms with E-state index in [0.29, 0.717) is 6.04 Å². The molecular weight excluding hydrogens is 276 g/mol. The quantitative estimate of drug-likeness (QED) is 0.862. The number of nitrogens with one attached hydrogen (secondary N) is 1. The third kappa shape index (κ3) is 5.79. The molecule has 3 atom stereocenters. The number of nitrogens with zero attached hydrogens (tertiary/aromatic N) is 1. The van der Waals surface area contributed by atoms with Gasteiger partial charge in [-0.3, -0.25) is 0 Å². The number of carbonyl (C=O) groups excluding carboxylic acids is 1. The molecule has 22 heavy (non-hydrogen) atoms. The van der Waals surface area contributed by atoms with E-state index < -0.39 is 5.60 Å². The number of piperidine rings is 1. The molecular formula is C18H34N2O2. The van der Waals surface area contributed by atoms with Crippen molar-refractivity contribution < 1.29 is 9.53 Å². The summed E-state index contributed by atoms with van der Waals surface area (Å²) in [5.74, 6) is 1.70. The second-order valence-corrected chi connectivity index (χ2v) is 8.31. The summed E-state index contributed by atoms with van der Waals surface area (Å²) in [6.07, 6.45) is 7.56. The summed E-state index contributed by atoms with van der Waals surface area (Å²) in [5, 5.41) is 3.71. The first kappa shape index (κ1) is 17.6. The fraction of sp³-hybridized carbons (Fsp3) is 0.944. The van der Waals surface area contributed by atoms with Crippen LogP contribution in [0.4, 0.5) is 4.79 Å². The van der Waals surface area contributed by atoms with Crippen LogP contribution in [-0.4, -0.2) is 42.3 Å². The van der Waals surface area contributed by atoms with Crippen LogP contribution in [0.2, 0.25) is 0 Å². The highest BCUT2D eigenvalue weighted by Crippen LogP contribution is 2.28. The molecule has 0 aromatic carbocycles. The molecule has 3 unspecified atom stereocenters. The standard InChI is InChI=1S/C18H34N2O2/c1-14-7-5-8-15(11-14)12-19-16-9-6-10-20(13-16)17(21)22-18(2,3)4/h14-16,19H,5-13H2,1-4H3. The molecule has 1 aliphatic heterocycles. The monoisotopic (exact) mass is 310 g/mol. The van der Waals surface area contributed by atoms with E-state index in [9.17, 15) is 4.79 Å². The van der Waals surface area contributed by atoms with Crippen molar-refractivity contribution in [2.45, 2.75) is 77.9 Å². The minimum absolute atomic E-state index is 0.162. The Hall–Kier alpha value is -0.770. The average Bonchev–Trinajstić information content (AvgIpc) is 2.44. The Morgan fingerprint density at radius 3 is 2.68 bits per heavy atom. The number of rotatable bonds is 3. The van der Waals surface area contributed by atoms with E-state index in [0.717, 1.165) is 37.9 Å². The molecule has 2 fully saturated rings. The Morgan fingerprint density at radius 2 is 2.00 bits per heavy atom. The normalized spacial score (nSPS) is 30.2. The van der Waals surface area contributed by atoms with Crippen molar-refractivity contribution >= 4 is 6.09 Å². The molecule has 4 heteroatoms. The van der Waals surface area contributed by atoms with E-state index in [4.69, 9.17) is 4.74 Å². The van der Waals surface area contributed by atoms with Crippen molar-refractivity contribution in [2.75, 3.05) is 19.6 Å². The van der Waals surface area contributed by atoms with Gasteiger partial charge in [0.15, 0.2) is 0 Å². The molecule has 1 amide bonds. The zero-order valence-corrected chi connectivity index (χ0v) is 14.9. The zero-order valence-electron chi connectivity index (χ0n) is 14.9. The highest BCUT2D eigenvalue weighted by Gasteiger charge is 2.28. The number of likely N-dealkylation sites (tertiary alicyclic amines) is 1. The summed E-state index contributed by atoms with van der Waals surface area (Å²) in [6, 6.07) is 0.429. The van der Waals surface area contributed by atoms with Gasteiger partial charge in [-0.2, -0.15) is 0 Å². The maximum atomic E-state index is 12.2. The number of hydrogen-bond donors (Lipinski definition) is 1. The third-order valence-electron chi connectivity index (χ3n) is 4.81. The van der Waals surface area contributed by atoms with Crippen LogP contribution in [0.25, 0.3) is 0 Å². The molecule has 1 N–H and O–H groups in total. The van der Waals surface area contributed by atoms with Gasteiger partial charge in [0.1, 0.15) is 5.60 Å². The number of ether oxygens (including phenoxy) is 1. The average molecular weight is 310 g/mol. The van der Waals surface area contributed by atoms with Gasteiger partial charge < -0.3 is 15.0 Å². The molecule has 2 aliphatic rings. The number of amides is 1. The summed E-state index contributed by atoms with van der Waals surface area (Å²) in [4.78, 5) is 14.1. The second-order valence-electron chi connectivity index (χ2n) is 8.31. The molecule has 0 bridgehead atoms. The van der Waals surface area contributed by atoms with Crippen molar-refractivity contribution in [2.24, 2.45) is 11.8 Å². The van der Waals surface area contributed by atoms with Gasteiger partial charge >= 0.3 is 6.09 Å². The van der Waals surface area contributed by atoms with Crippen molar-refractivity contribution in [3.63, 3.8) is 0 Å². The van der Waals surface area contributed by atoms with E-state index in [1.165, 1.54) is 32.1 Å². The maximum Gasteiger partial charge on any atom is 0.410 e. The van der Waals surface area contributed by atoms with Gasteiger partial charge in [-0.05, 0) is 64.8 Å². The first-order valence-corrected chi connectivity index (χ1v) is 9.05. The van der Waals surface area contributed by atoms with Gasteiger partial charge in [0.25, 0.3) is 0 Å². The molecule has 1 saturated carbocycles. The Balaban J connectivity index is 1.74. The highest BCUT2D eigenvalue weighted by atomic mass is 16.6. The van der Waals surface area contributed by atoms with Gasteiger partial charge in [-0.1, -0.05) is 19.8 Å². The van der Waals surface area contributed by atoms with Gasteiger partial charge in [-0.25, -0.2) is 4.79 Å². The van der Waals surface area contributed by atoms with Crippen molar-refractivity contribution in [1.82, 2.24) is 10.2 Å². The molecule has 0 spiro atoms. The lowest BCUT2D eigenvalue weighted by atomic mass is 9.82. The van der Waals surface area contributed by atoms with E-state index >= 15 is 0 Å². The Labute approximate surface area is 136 Å². The summed E-state index contributed by atoms with van der Waals surface area (Å²) in [5.41, 5.74) is -0.407. The van der Waals surface area contributed by atoms with Crippen LogP contribution in [0.3, 0.4) is 0 Å². The van der Waals surface area contributed by atoms with E-state index in [1.54, 1.807) is 0 Å². The number of hydrogen-bond acceptors (Lipinski definition) is 3. The molecule has 1 heterocycles. The fourth-order valence-electron chi connectivity index (χ4n) is 3.71. The smallest absolute Gasteiger partial charge is 0.410 e. The second kappa shape index (κ2) is 7.67. The largest absolute Gasteiger partial charge is 0.444 e. The van der Waals surface area contributed by atoms with Crippen LogP contribution in [-0.2, 0) is 4.74 Å². The molecule has 0 aromatic heterocycles.